The molecule has 4 nitrogen and oxygen atoms in total. The predicted octanol–water partition coefficient (Wildman–Crippen LogP) is 6.03. The summed E-state index contributed by atoms with van der Waals surface area (Å²) in [5, 5.41) is 7.64. The Hall–Kier alpha value is -3.66. The topological polar surface area (TPSA) is 46.9 Å². The van der Waals surface area contributed by atoms with Crippen molar-refractivity contribution in [1.82, 2.24) is 9.78 Å². The molecule has 1 N–H and O–H groups in total. The Kier molecular flexibility index (Phi) is 5.23. The minimum atomic E-state index is -0.223. The average Bonchev–Trinajstić information content (AvgIpc) is 3.14. The fraction of sp³-hybridized carbons (Fsp3) is 0.154. The van der Waals surface area contributed by atoms with Crippen LogP contribution in [-0.4, -0.2) is 15.7 Å². The minimum absolute atomic E-state index is 0.223. The quantitative estimate of drug-likeness (QED) is 0.459. The zero-order valence-corrected chi connectivity index (χ0v) is 17.7. The number of amides is 1. The van der Waals surface area contributed by atoms with E-state index in [0.717, 1.165) is 33.8 Å². The first kappa shape index (κ1) is 19.6. The molecule has 4 rings (SSSR count). The van der Waals surface area contributed by atoms with Gasteiger partial charge < -0.3 is 5.32 Å². The maximum Gasteiger partial charge on any atom is 0.276 e. The average molecular weight is 396 g/mol. The van der Waals surface area contributed by atoms with E-state index in [1.54, 1.807) is 0 Å². The SMILES string of the molecule is Cc1ccc(-c2cc(C(=O)Nc3cc(C)cc(C)c3)nn2-c2ccc(C)cc2)cc1. The maximum atomic E-state index is 13.0. The van der Waals surface area contributed by atoms with E-state index in [0.29, 0.717) is 5.69 Å². The number of carbonyl (C=O) groups is 1. The van der Waals surface area contributed by atoms with Gasteiger partial charge in [0.05, 0.1) is 11.4 Å². The van der Waals surface area contributed by atoms with E-state index >= 15 is 0 Å². The van der Waals surface area contributed by atoms with Crippen LogP contribution < -0.4 is 5.32 Å². The molecule has 0 saturated heterocycles. The number of aromatic nitrogens is 2. The number of benzene rings is 3. The third kappa shape index (κ3) is 4.18. The van der Waals surface area contributed by atoms with Crippen molar-refractivity contribution < 1.29 is 4.79 Å². The number of hydrogen-bond acceptors (Lipinski definition) is 2. The first-order valence-corrected chi connectivity index (χ1v) is 10.0. The Balaban J connectivity index is 1.75. The van der Waals surface area contributed by atoms with Crippen LogP contribution in [0.15, 0.2) is 72.8 Å². The highest BCUT2D eigenvalue weighted by Gasteiger charge is 2.17. The van der Waals surface area contributed by atoms with Gasteiger partial charge >= 0.3 is 0 Å². The molecular weight excluding hydrogens is 370 g/mol. The fourth-order valence-corrected chi connectivity index (χ4v) is 3.55. The van der Waals surface area contributed by atoms with Crippen LogP contribution in [0.3, 0.4) is 0 Å². The van der Waals surface area contributed by atoms with Crippen LogP contribution in [-0.2, 0) is 0 Å². The number of nitrogens with zero attached hydrogens (tertiary/aromatic N) is 2. The molecule has 0 atom stereocenters. The Morgan fingerprint density at radius 2 is 1.30 bits per heavy atom. The molecule has 4 heteroatoms. The molecule has 0 radical (unpaired) electrons. The van der Waals surface area contributed by atoms with Crippen molar-refractivity contribution in [2.45, 2.75) is 27.7 Å². The first-order valence-electron chi connectivity index (χ1n) is 10.0. The molecule has 3 aromatic carbocycles. The Bertz CT molecular complexity index is 1120. The summed E-state index contributed by atoms with van der Waals surface area (Å²) in [4.78, 5) is 13.0. The summed E-state index contributed by atoms with van der Waals surface area (Å²) in [6.07, 6.45) is 0. The monoisotopic (exact) mass is 395 g/mol. The lowest BCUT2D eigenvalue weighted by molar-refractivity contribution is 0.102. The molecular formula is C26H25N3O. The standard InChI is InChI=1S/C26H25N3O/c1-17-5-9-21(10-6-17)25-16-24(28-29(25)23-11-7-18(2)8-12-23)26(30)27-22-14-19(3)13-20(4)15-22/h5-16H,1-4H3,(H,27,30). The van der Waals surface area contributed by atoms with Gasteiger partial charge in [0, 0.05) is 11.3 Å². The van der Waals surface area contributed by atoms with Crippen LogP contribution in [0.5, 0.6) is 0 Å². The van der Waals surface area contributed by atoms with Gasteiger partial charge in [0.15, 0.2) is 5.69 Å². The Morgan fingerprint density at radius 1 is 0.733 bits per heavy atom. The van der Waals surface area contributed by atoms with Crippen molar-refractivity contribution in [3.8, 4) is 16.9 Å². The van der Waals surface area contributed by atoms with Crippen LogP contribution in [0.4, 0.5) is 5.69 Å². The molecule has 1 aromatic heterocycles. The fourth-order valence-electron chi connectivity index (χ4n) is 3.55. The van der Waals surface area contributed by atoms with E-state index in [1.165, 1.54) is 11.1 Å². The van der Waals surface area contributed by atoms with Crippen molar-refractivity contribution in [3.05, 3.63) is 101 Å². The van der Waals surface area contributed by atoms with E-state index in [-0.39, 0.29) is 5.91 Å². The second-order valence-corrected chi connectivity index (χ2v) is 7.86. The second-order valence-electron chi connectivity index (χ2n) is 7.86. The van der Waals surface area contributed by atoms with Crippen LogP contribution in [0.25, 0.3) is 16.9 Å². The molecule has 1 amide bonds. The van der Waals surface area contributed by atoms with Gasteiger partial charge in [0.25, 0.3) is 5.91 Å². The smallest absolute Gasteiger partial charge is 0.276 e. The predicted molar refractivity (Wildman–Crippen MR) is 122 cm³/mol. The van der Waals surface area contributed by atoms with Gasteiger partial charge in [-0.05, 0) is 69.2 Å². The third-order valence-electron chi connectivity index (χ3n) is 5.05. The molecule has 1 heterocycles. The Morgan fingerprint density at radius 3 is 1.90 bits per heavy atom. The zero-order chi connectivity index (χ0) is 21.3. The number of carbonyl (C=O) groups excluding carboxylic acids is 1. The normalized spacial score (nSPS) is 10.8. The first-order chi connectivity index (χ1) is 14.4. The molecule has 0 aliphatic carbocycles. The summed E-state index contributed by atoms with van der Waals surface area (Å²) in [7, 11) is 0. The third-order valence-corrected chi connectivity index (χ3v) is 5.05. The highest BCUT2D eigenvalue weighted by atomic mass is 16.1. The molecule has 4 aromatic rings. The van der Waals surface area contributed by atoms with Crippen LogP contribution >= 0.6 is 0 Å². The van der Waals surface area contributed by atoms with Gasteiger partial charge in [-0.3, -0.25) is 4.79 Å². The van der Waals surface area contributed by atoms with Crippen LogP contribution in [0.2, 0.25) is 0 Å². The lowest BCUT2D eigenvalue weighted by Gasteiger charge is -2.08. The van der Waals surface area contributed by atoms with E-state index in [9.17, 15) is 4.79 Å². The molecule has 0 aliphatic heterocycles. The molecule has 0 fully saturated rings. The van der Waals surface area contributed by atoms with Gasteiger partial charge in [-0.25, -0.2) is 4.68 Å². The highest BCUT2D eigenvalue weighted by molar-refractivity contribution is 6.03. The largest absolute Gasteiger partial charge is 0.321 e. The minimum Gasteiger partial charge on any atom is -0.321 e. The number of nitrogens with one attached hydrogen (secondary N) is 1. The molecule has 30 heavy (non-hydrogen) atoms. The molecule has 0 unspecified atom stereocenters. The molecule has 0 aliphatic rings. The number of hydrogen-bond donors (Lipinski definition) is 1. The summed E-state index contributed by atoms with van der Waals surface area (Å²) < 4.78 is 1.83. The lowest BCUT2D eigenvalue weighted by atomic mass is 10.1. The number of aryl methyl sites for hydroxylation is 4. The summed E-state index contributed by atoms with van der Waals surface area (Å²) in [6, 6.07) is 24.2. The molecule has 150 valence electrons. The van der Waals surface area contributed by atoms with Gasteiger partial charge in [-0.15, -0.1) is 0 Å². The van der Waals surface area contributed by atoms with E-state index < -0.39 is 0 Å². The van der Waals surface area contributed by atoms with Gasteiger partial charge in [0.2, 0.25) is 0 Å². The highest BCUT2D eigenvalue weighted by Crippen LogP contribution is 2.25. The van der Waals surface area contributed by atoms with Crippen molar-refractivity contribution in [1.29, 1.82) is 0 Å². The number of rotatable bonds is 4. The van der Waals surface area contributed by atoms with Crippen molar-refractivity contribution >= 4 is 11.6 Å². The lowest BCUT2D eigenvalue weighted by Crippen LogP contribution is -2.13. The van der Waals surface area contributed by atoms with E-state index in [4.69, 9.17) is 0 Å². The van der Waals surface area contributed by atoms with Gasteiger partial charge in [-0.2, -0.15) is 5.10 Å². The second kappa shape index (κ2) is 7.99. The van der Waals surface area contributed by atoms with Crippen LogP contribution in [0.1, 0.15) is 32.7 Å². The van der Waals surface area contributed by atoms with Crippen LogP contribution in [0, 0.1) is 27.7 Å². The zero-order valence-electron chi connectivity index (χ0n) is 17.7. The summed E-state index contributed by atoms with van der Waals surface area (Å²) in [6.45, 7) is 8.15. The molecule has 0 bridgehead atoms. The van der Waals surface area contributed by atoms with Crippen molar-refractivity contribution in [2.75, 3.05) is 5.32 Å². The van der Waals surface area contributed by atoms with Gasteiger partial charge in [0.1, 0.15) is 0 Å². The van der Waals surface area contributed by atoms with E-state index in [2.05, 4.69) is 54.6 Å². The molecule has 0 saturated carbocycles. The number of anilines is 1. The van der Waals surface area contributed by atoms with Crippen molar-refractivity contribution in [3.63, 3.8) is 0 Å². The van der Waals surface area contributed by atoms with Crippen molar-refractivity contribution in [2.24, 2.45) is 0 Å². The molecule has 0 spiro atoms. The summed E-state index contributed by atoms with van der Waals surface area (Å²) >= 11 is 0. The summed E-state index contributed by atoms with van der Waals surface area (Å²) in [5.74, 6) is -0.223. The van der Waals surface area contributed by atoms with E-state index in [1.807, 2.05) is 61.0 Å². The summed E-state index contributed by atoms with van der Waals surface area (Å²) in [5.41, 5.74) is 8.55. The maximum absolute atomic E-state index is 13.0. The Labute approximate surface area is 177 Å². The van der Waals surface area contributed by atoms with Gasteiger partial charge in [-0.1, -0.05) is 53.6 Å².